The molecule has 1 rings (SSSR count). The summed E-state index contributed by atoms with van der Waals surface area (Å²) in [6.45, 7) is 4.42. The summed E-state index contributed by atoms with van der Waals surface area (Å²) in [5, 5.41) is 15.4. The fourth-order valence-electron chi connectivity index (χ4n) is 2.36. The molecule has 1 saturated carbocycles. The van der Waals surface area contributed by atoms with Crippen LogP contribution in [0, 0.1) is 5.41 Å². The van der Waals surface area contributed by atoms with Gasteiger partial charge in [-0.25, -0.2) is 0 Å². The minimum Gasteiger partial charge on any atom is -0.396 e. The second kappa shape index (κ2) is 6.86. The number of hydrogen-bond acceptors (Lipinski definition) is 3. The van der Waals surface area contributed by atoms with Gasteiger partial charge in [-0.2, -0.15) is 0 Å². The van der Waals surface area contributed by atoms with Crippen LogP contribution in [0.5, 0.6) is 0 Å². The molecule has 1 fully saturated rings. The van der Waals surface area contributed by atoms with Crippen molar-refractivity contribution in [2.45, 2.75) is 39.0 Å². The van der Waals surface area contributed by atoms with E-state index in [0.29, 0.717) is 19.5 Å². The predicted octanol–water partition coefficient (Wildman–Crippen LogP) is 0.655. The summed E-state index contributed by atoms with van der Waals surface area (Å²) in [4.78, 5) is 11.2. The third-order valence-corrected chi connectivity index (χ3v) is 3.40. The Morgan fingerprint density at radius 2 is 2.06 bits per heavy atom. The van der Waals surface area contributed by atoms with Crippen LogP contribution < -0.4 is 10.6 Å². The van der Waals surface area contributed by atoms with Gasteiger partial charge in [-0.15, -0.1) is 0 Å². The molecule has 4 heteroatoms. The van der Waals surface area contributed by atoms with Crippen LogP contribution in [0.4, 0.5) is 0 Å². The van der Waals surface area contributed by atoms with Crippen LogP contribution >= 0.6 is 0 Å². The van der Waals surface area contributed by atoms with Crippen molar-refractivity contribution in [3.05, 3.63) is 0 Å². The predicted molar refractivity (Wildman–Crippen MR) is 64.2 cm³/mol. The molecule has 0 heterocycles. The first-order valence-electron chi connectivity index (χ1n) is 6.31. The number of aliphatic hydroxyl groups excluding tert-OH is 1. The first kappa shape index (κ1) is 13.5. The van der Waals surface area contributed by atoms with Gasteiger partial charge in [0, 0.05) is 38.1 Å². The van der Waals surface area contributed by atoms with E-state index in [2.05, 4.69) is 10.6 Å². The van der Waals surface area contributed by atoms with Crippen LogP contribution in [0.25, 0.3) is 0 Å². The number of carbonyl (C=O) groups excluding carboxylic acids is 1. The summed E-state index contributed by atoms with van der Waals surface area (Å²) >= 11 is 0. The molecule has 0 aromatic rings. The van der Waals surface area contributed by atoms with Gasteiger partial charge in [-0.1, -0.05) is 12.8 Å². The number of rotatable bonds is 7. The van der Waals surface area contributed by atoms with E-state index >= 15 is 0 Å². The lowest BCUT2D eigenvalue weighted by Crippen LogP contribution is -2.37. The molecule has 0 aromatic heterocycles. The zero-order valence-corrected chi connectivity index (χ0v) is 10.2. The van der Waals surface area contributed by atoms with Gasteiger partial charge in [0.25, 0.3) is 0 Å². The summed E-state index contributed by atoms with van der Waals surface area (Å²) in [5.74, 6) is 0.0967. The minimum absolute atomic E-state index is 0.0846. The lowest BCUT2D eigenvalue weighted by molar-refractivity contribution is -0.120. The van der Waals surface area contributed by atoms with Crippen molar-refractivity contribution in [3.63, 3.8) is 0 Å². The van der Waals surface area contributed by atoms with Gasteiger partial charge in [-0.05, 0) is 19.8 Å². The van der Waals surface area contributed by atoms with Crippen LogP contribution in [0.15, 0.2) is 0 Å². The molecule has 0 saturated heterocycles. The smallest absolute Gasteiger partial charge is 0.221 e. The Morgan fingerprint density at radius 3 is 2.62 bits per heavy atom. The lowest BCUT2D eigenvalue weighted by atomic mass is 9.87. The highest BCUT2D eigenvalue weighted by molar-refractivity contribution is 5.75. The number of amides is 1. The lowest BCUT2D eigenvalue weighted by Gasteiger charge is -2.26. The normalized spacial score (nSPS) is 18.6. The van der Waals surface area contributed by atoms with E-state index < -0.39 is 0 Å². The largest absolute Gasteiger partial charge is 0.396 e. The first-order valence-corrected chi connectivity index (χ1v) is 6.31. The minimum atomic E-state index is 0.0846. The van der Waals surface area contributed by atoms with Crippen molar-refractivity contribution in [1.29, 1.82) is 0 Å². The van der Waals surface area contributed by atoms with Crippen molar-refractivity contribution in [2.75, 3.05) is 26.2 Å². The molecular weight excluding hydrogens is 204 g/mol. The molecule has 0 spiro atoms. The van der Waals surface area contributed by atoms with E-state index in [9.17, 15) is 9.90 Å². The van der Waals surface area contributed by atoms with Crippen molar-refractivity contribution in [2.24, 2.45) is 5.41 Å². The average molecular weight is 228 g/mol. The van der Waals surface area contributed by atoms with Gasteiger partial charge in [0.1, 0.15) is 0 Å². The maximum Gasteiger partial charge on any atom is 0.221 e. The standard InChI is InChI=1S/C12H24N2O2/c1-2-14-11(16)5-8-13-9-12(10-15)6-3-4-7-12/h13,15H,2-10H2,1H3,(H,14,16). The summed E-state index contributed by atoms with van der Waals surface area (Å²) in [6.07, 6.45) is 5.18. The van der Waals surface area contributed by atoms with E-state index in [-0.39, 0.29) is 17.9 Å². The van der Waals surface area contributed by atoms with Crippen LogP contribution in [0.3, 0.4) is 0 Å². The highest BCUT2D eigenvalue weighted by Crippen LogP contribution is 2.36. The Bertz CT molecular complexity index is 213. The van der Waals surface area contributed by atoms with Gasteiger partial charge in [0.15, 0.2) is 0 Å². The van der Waals surface area contributed by atoms with Crippen LogP contribution in [0.1, 0.15) is 39.0 Å². The quantitative estimate of drug-likeness (QED) is 0.561. The molecule has 1 aliphatic carbocycles. The van der Waals surface area contributed by atoms with E-state index in [0.717, 1.165) is 19.4 Å². The zero-order valence-electron chi connectivity index (χ0n) is 10.2. The third kappa shape index (κ3) is 4.10. The van der Waals surface area contributed by atoms with Gasteiger partial charge in [0.05, 0.1) is 0 Å². The second-order valence-corrected chi connectivity index (χ2v) is 4.75. The molecule has 0 aromatic carbocycles. The van der Waals surface area contributed by atoms with Crippen molar-refractivity contribution in [1.82, 2.24) is 10.6 Å². The molecule has 0 aliphatic heterocycles. The topological polar surface area (TPSA) is 61.4 Å². The summed E-state index contributed by atoms with van der Waals surface area (Å²) in [5.41, 5.74) is 0.0846. The van der Waals surface area contributed by atoms with Crippen molar-refractivity contribution < 1.29 is 9.90 Å². The molecule has 0 atom stereocenters. The molecule has 1 amide bonds. The Kier molecular flexibility index (Phi) is 5.77. The second-order valence-electron chi connectivity index (χ2n) is 4.75. The summed E-state index contributed by atoms with van der Waals surface area (Å²) in [6, 6.07) is 0. The fourth-order valence-corrected chi connectivity index (χ4v) is 2.36. The zero-order chi connectivity index (χ0) is 11.9. The molecule has 16 heavy (non-hydrogen) atoms. The number of aliphatic hydroxyl groups is 1. The molecule has 3 N–H and O–H groups in total. The average Bonchev–Trinajstić information content (AvgIpc) is 2.74. The Hall–Kier alpha value is -0.610. The Balaban J connectivity index is 2.12. The first-order chi connectivity index (χ1) is 7.72. The molecule has 4 nitrogen and oxygen atoms in total. The maximum absolute atomic E-state index is 11.2. The highest BCUT2D eigenvalue weighted by Gasteiger charge is 2.32. The maximum atomic E-state index is 11.2. The molecule has 0 unspecified atom stereocenters. The van der Waals surface area contributed by atoms with Crippen molar-refractivity contribution in [3.8, 4) is 0 Å². The van der Waals surface area contributed by atoms with Gasteiger partial charge in [-0.3, -0.25) is 4.79 Å². The Labute approximate surface area is 97.8 Å². The van der Waals surface area contributed by atoms with Crippen LogP contribution in [-0.2, 0) is 4.79 Å². The molecule has 0 bridgehead atoms. The van der Waals surface area contributed by atoms with E-state index in [1.165, 1.54) is 12.8 Å². The fraction of sp³-hybridized carbons (Fsp3) is 0.917. The molecule has 0 radical (unpaired) electrons. The molecular formula is C12H24N2O2. The summed E-state index contributed by atoms with van der Waals surface area (Å²) in [7, 11) is 0. The molecule has 1 aliphatic rings. The van der Waals surface area contributed by atoms with Crippen LogP contribution in [0.2, 0.25) is 0 Å². The van der Waals surface area contributed by atoms with Gasteiger partial charge >= 0.3 is 0 Å². The molecule has 94 valence electrons. The summed E-state index contributed by atoms with van der Waals surface area (Å²) < 4.78 is 0. The number of carbonyl (C=O) groups is 1. The van der Waals surface area contributed by atoms with Crippen LogP contribution in [-0.4, -0.2) is 37.3 Å². The Morgan fingerprint density at radius 1 is 1.38 bits per heavy atom. The van der Waals surface area contributed by atoms with Gasteiger partial charge in [0.2, 0.25) is 5.91 Å². The highest BCUT2D eigenvalue weighted by atomic mass is 16.3. The number of hydrogen-bond donors (Lipinski definition) is 3. The monoisotopic (exact) mass is 228 g/mol. The van der Waals surface area contributed by atoms with Gasteiger partial charge < -0.3 is 15.7 Å². The van der Waals surface area contributed by atoms with E-state index in [4.69, 9.17) is 0 Å². The SMILES string of the molecule is CCNC(=O)CCNCC1(CO)CCCC1. The van der Waals surface area contributed by atoms with E-state index in [1.807, 2.05) is 6.92 Å². The van der Waals surface area contributed by atoms with Crippen molar-refractivity contribution >= 4 is 5.91 Å². The number of nitrogens with one attached hydrogen (secondary N) is 2. The third-order valence-electron chi connectivity index (χ3n) is 3.40. The van der Waals surface area contributed by atoms with E-state index in [1.54, 1.807) is 0 Å².